The molecule has 1 aliphatic rings. The van der Waals surface area contributed by atoms with E-state index in [4.69, 9.17) is 7.85 Å². The molecule has 0 aromatic rings. The third kappa shape index (κ3) is 0.900. The van der Waals surface area contributed by atoms with E-state index in [2.05, 4.69) is 9.98 Å². The number of aliphatic hydroxyl groups is 1. The van der Waals surface area contributed by atoms with E-state index in [1.54, 1.807) is 0 Å². The molecule has 0 saturated carbocycles. The predicted octanol–water partition coefficient (Wildman–Crippen LogP) is -0.0985. The molecule has 8 heavy (non-hydrogen) atoms. The number of hydrogen-bond donors (Lipinski definition) is 1. The molecule has 0 spiro atoms. The lowest BCUT2D eigenvalue weighted by Crippen LogP contribution is -2.06. The summed E-state index contributed by atoms with van der Waals surface area (Å²) in [7, 11) is 0. The maximum atomic E-state index is 10.5. The fraction of sp³-hybridized carbons (Fsp3) is 0.250. The van der Waals surface area contributed by atoms with Crippen molar-refractivity contribution in [1.82, 2.24) is 0 Å². The Hall–Kier alpha value is -1.19. The highest BCUT2D eigenvalue weighted by Gasteiger charge is 2.03. The fourth-order valence-electron chi connectivity index (χ4n) is 0.301. The number of hydrogen-bond acceptors (Lipinski definition) is 2. The van der Waals surface area contributed by atoms with Crippen molar-refractivity contribution in [3.05, 3.63) is 0 Å². The van der Waals surface area contributed by atoms with Gasteiger partial charge in [-0.2, -0.15) is 4.99 Å². The molecule has 0 fully saturated rings. The van der Waals surface area contributed by atoms with E-state index in [0.717, 1.165) is 0 Å². The van der Waals surface area contributed by atoms with Gasteiger partial charge in [0.15, 0.2) is 0 Å². The minimum Gasteiger partial charge on any atom is -0.479 e. The van der Waals surface area contributed by atoms with E-state index in [1.807, 2.05) is 0 Å². The molecular weight excluding hydrogens is 108 g/mol. The molecule has 0 aromatic carbocycles. The highest BCUT2D eigenvalue weighted by Crippen LogP contribution is 1.89. The lowest BCUT2D eigenvalue weighted by atomic mass is 10.4. The predicted molar refractivity (Wildman–Crippen MR) is 28.2 cm³/mol. The Labute approximate surface area is 48.4 Å². The topological polar surface area (TPSA) is 62.0 Å². The van der Waals surface area contributed by atoms with Gasteiger partial charge in [0.05, 0.1) is 7.77 Å². The Morgan fingerprint density at radius 2 is 2.88 bits per heavy atom. The second kappa shape index (κ2) is 1.73. The van der Waals surface area contributed by atoms with E-state index in [-0.39, 0.29) is 0 Å². The minimum absolute atomic E-state index is 0.475. The molecule has 0 radical (unpaired) electrons. The number of aliphatic hydroxyl groups excluding tert-OH is 1. The second-order valence-electron chi connectivity index (χ2n) is 1.14. The average Bonchev–Trinajstić information content (AvgIpc) is 1.82. The molecule has 1 heterocycles. The van der Waals surface area contributed by atoms with Gasteiger partial charge in [-0.15, -0.1) is 0 Å². The number of amides is 1. The van der Waals surface area contributed by atoms with Crippen LogP contribution < -0.4 is 0 Å². The molecule has 1 aliphatic heterocycles. The van der Waals surface area contributed by atoms with Gasteiger partial charge < -0.3 is 5.11 Å². The zero-order valence-corrected chi connectivity index (χ0v) is 3.83. The molecular formula is C4H4N2O2. The van der Waals surface area contributed by atoms with Crippen molar-refractivity contribution in [2.24, 2.45) is 9.98 Å². The summed E-state index contributed by atoms with van der Waals surface area (Å²) < 4.78 is 13.7. The maximum Gasteiger partial charge on any atom is 0.316 e. The normalized spacial score (nSPS) is 32.5. The van der Waals surface area contributed by atoms with Crippen LogP contribution in [0.4, 0.5) is 0 Å². The van der Waals surface area contributed by atoms with Crippen molar-refractivity contribution in [2.75, 3.05) is 0 Å². The Morgan fingerprint density at radius 3 is 3.50 bits per heavy atom. The summed E-state index contributed by atoms with van der Waals surface area (Å²) in [5, 5.41) is 8.51. The van der Waals surface area contributed by atoms with E-state index in [1.165, 1.54) is 0 Å². The van der Waals surface area contributed by atoms with Crippen LogP contribution in [0.25, 0.3) is 0 Å². The van der Waals surface area contributed by atoms with Crippen molar-refractivity contribution < 1.29 is 12.6 Å². The molecule has 1 N–H and O–H groups in total. The van der Waals surface area contributed by atoms with Gasteiger partial charge in [0, 0.05) is 7.56 Å². The maximum absolute atomic E-state index is 10.5. The van der Waals surface area contributed by atoms with E-state index in [0.29, 0.717) is 0 Å². The number of amidine groups is 1. The van der Waals surface area contributed by atoms with Crippen LogP contribution in [0.15, 0.2) is 9.98 Å². The molecule has 0 aromatic heterocycles. The summed E-state index contributed by atoms with van der Waals surface area (Å²) in [6.45, 7) is 0. The molecule has 4 heteroatoms. The van der Waals surface area contributed by atoms with E-state index >= 15 is 0 Å². The first-order valence-corrected chi connectivity index (χ1v) is 1.90. The quantitative estimate of drug-likeness (QED) is 0.478. The van der Waals surface area contributed by atoms with Gasteiger partial charge in [-0.25, -0.2) is 4.99 Å². The summed E-state index contributed by atoms with van der Waals surface area (Å²) in [6, 6.07) is -0.737. The van der Waals surface area contributed by atoms with Gasteiger partial charge in [-0.3, -0.25) is 4.79 Å². The van der Waals surface area contributed by atoms with Crippen molar-refractivity contribution in [2.45, 2.75) is 6.40 Å². The van der Waals surface area contributed by atoms with Crippen molar-refractivity contribution >= 4 is 18.1 Å². The Morgan fingerprint density at radius 1 is 2.12 bits per heavy atom. The van der Waals surface area contributed by atoms with Crippen LogP contribution in [-0.2, 0) is 4.79 Å². The van der Waals surface area contributed by atoms with E-state index in [9.17, 15) is 4.79 Å². The summed E-state index contributed by atoms with van der Waals surface area (Å²) >= 11 is 0. The molecule has 1 rings (SSSR count). The van der Waals surface area contributed by atoms with Gasteiger partial charge >= 0.3 is 6.02 Å². The van der Waals surface area contributed by atoms with Crippen LogP contribution in [0.5, 0.6) is 0 Å². The first-order valence-electron chi connectivity index (χ1n) is 2.98. The van der Waals surface area contributed by atoms with Gasteiger partial charge in [0.2, 0.25) is 0 Å². The summed E-state index contributed by atoms with van der Waals surface area (Å²) in [4.78, 5) is 16.5. The third-order valence-corrected chi connectivity index (χ3v) is 0.563. The Kier molecular flexibility index (Phi) is 0.641. The molecule has 1 atom stereocenters. The number of carbonyl (C=O) groups excluding carboxylic acids is 1. The molecule has 42 valence electrons. The Bertz CT molecular complexity index is 235. The standard InChI is InChI=1S/C4H4N2O2/c7-3-1-2-5-4(8)6-3/h2H,1H2,(H,6,7,8)/i1D,2D. The molecule has 1 amide bonds. The van der Waals surface area contributed by atoms with Gasteiger partial charge in [-0.1, -0.05) is 0 Å². The smallest absolute Gasteiger partial charge is 0.316 e. The van der Waals surface area contributed by atoms with Gasteiger partial charge in [-0.05, 0) is 0 Å². The first kappa shape index (κ1) is 2.96. The monoisotopic (exact) mass is 114 g/mol. The second-order valence-corrected chi connectivity index (χ2v) is 1.14. The van der Waals surface area contributed by atoms with E-state index < -0.39 is 24.5 Å². The minimum atomic E-state index is -1.36. The average molecular weight is 114 g/mol. The number of aliphatic imine (C=N–C) groups is 2. The van der Waals surface area contributed by atoms with Crippen LogP contribution in [0, 0.1) is 0 Å². The molecule has 1 unspecified atom stereocenters. The first-order chi connectivity index (χ1) is 4.61. The largest absolute Gasteiger partial charge is 0.479 e. The van der Waals surface area contributed by atoms with Crippen molar-refractivity contribution in [3.8, 4) is 0 Å². The zero-order valence-electron chi connectivity index (χ0n) is 5.83. The molecule has 4 nitrogen and oxygen atoms in total. The van der Waals surface area contributed by atoms with Gasteiger partial charge in [0.1, 0.15) is 0 Å². The van der Waals surface area contributed by atoms with Crippen LogP contribution in [0.2, 0.25) is 0 Å². The Balaban J connectivity index is 2.95. The molecule has 0 bridgehead atoms. The summed E-state index contributed by atoms with van der Waals surface area (Å²) in [5.74, 6) is -0.850. The highest BCUT2D eigenvalue weighted by molar-refractivity contribution is 6.03. The van der Waals surface area contributed by atoms with Crippen molar-refractivity contribution in [3.63, 3.8) is 0 Å². The number of carbonyl (C=O) groups is 1. The number of rotatable bonds is 0. The lowest BCUT2D eigenvalue weighted by molar-refractivity contribution is -0.116. The molecule has 0 aliphatic carbocycles. The van der Waals surface area contributed by atoms with Crippen LogP contribution in [0.1, 0.15) is 9.14 Å². The molecule has 0 saturated heterocycles. The van der Waals surface area contributed by atoms with Crippen LogP contribution in [0.3, 0.4) is 0 Å². The fourth-order valence-corrected chi connectivity index (χ4v) is 0.301. The zero-order chi connectivity index (χ0) is 7.72. The highest BCUT2D eigenvalue weighted by atomic mass is 16.3. The van der Waals surface area contributed by atoms with Gasteiger partial charge in [0.25, 0.3) is 5.91 Å². The number of nitrogens with zero attached hydrogens (tertiary/aromatic N) is 2. The SMILES string of the molecule is [2H]C1=NC(O)=NC(=O)C1[2H]. The van der Waals surface area contributed by atoms with Crippen LogP contribution >= 0.6 is 0 Å². The summed E-state index contributed by atoms with van der Waals surface area (Å²) in [6.07, 6.45) is -1.84. The van der Waals surface area contributed by atoms with Crippen molar-refractivity contribution in [1.29, 1.82) is 0 Å². The summed E-state index contributed by atoms with van der Waals surface area (Å²) in [5.41, 5.74) is 0. The third-order valence-electron chi connectivity index (χ3n) is 0.563. The van der Waals surface area contributed by atoms with Crippen LogP contribution in [-0.4, -0.2) is 23.2 Å². The lowest BCUT2D eigenvalue weighted by Gasteiger charge is -1.93.